The Hall–Kier alpha value is -2.38. The fourth-order valence-electron chi connectivity index (χ4n) is 2.07. The molecule has 8 heteroatoms. The molecule has 0 radical (unpaired) electrons. The molecule has 5 nitrogen and oxygen atoms in total. The summed E-state index contributed by atoms with van der Waals surface area (Å²) in [4.78, 5) is 15.7. The second-order valence-corrected chi connectivity index (χ2v) is 4.96. The third-order valence-corrected chi connectivity index (χ3v) is 3.37. The molecule has 22 heavy (non-hydrogen) atoms. The molecule has 0 atom stereocenters. The van der Waals surface area contributed by atoms with Crippen LogP contribution in [0.5, 0.6) is 0 Å². The summed E-state index contributed by atoms with van der Waals surface area (Å²) in [5.74, 6) is -0.0216. The number of alkyl halides is 3. The number of aryl methyl sites for hydroxylation is 3. The van der Waals surface area contributed by atoms with E-state index in [1.54, 1.807) is 20.9 Å². The van der Waals surface area contributed by atoms with Crippen LogP contribution in [0.3, 0.4) is 0 Å². The maximum absolute atomic E-state index is 12.6. The van der Waals surface area contributed by atoms with E-state index in [1.807, 2.05) is 0 Å². The molecule has 0 aliphatic heterocycles. The fourth-order valence-corrected chi connectivity index (χ4v) is 2.07. The van der Waals surface area contributed by atoms with Crippen molar-refractivity contribution in [2.75, 3.05) is 5.32 Å². The number of carbonyl (C=O) groups is 1. The van der Waals surface area contributed by atoms with Gasteiger partial charge in [0, 0.05) is 12.6 Å². The summed E-state index contributed by atoms with van der Waals surface area (Å²) in [6, 6.07) is 1.92. The summed E-state index contributed by atoms with van der Waals surface area (Å²) < 4.78 is 39.3. The van der Waals surface area contributed by atoms with Crippen molar-refractivity contribution in [3.05, 3.63) is 40.3 Å². The van der Waals surface area contributed by atoms with E-state index in [0.717, 1.165) is 23.4 Å². The van der Waals surface area contributed by atoms with Crippen LogP contribution in [0.25, 0.3) is 0 Å². The summed E-state index contributed by atoms with van der Waals surface area (Å²) in [5.41, 5.74) is 0.651. The second-order valence-electron chi connectivity index (χ2n) is 4.96. The zero-order valence-electron chi connectivity index (χ0n) is 12.5. The summed E-state index contributed by atoms with van der Waals surface area (Å²) in [6.45, 7) is 4.97. The Morgan fingerprint density at radius 3 is 2.27 bits per heavy atom. The molecule has 118 valence electrons. The van der Waals surface area contributed by atoms with Crippen molar-refractivity contribution < 1.29 is 18.0 Å². The lowest BCUT2D eigenvalue weighted by Gasteiger charge is -2.11. The number of halogens is 3. The monoisotopic (exact) mass is 312 g/mol. The first-order valence-corrected chi connectivity index (χ1v) is 6.47. The molecule has 0 saturated heterocycles. The molecule has 2 rings (SSSR count). The quantitative estimate of drug-likeness (QED) is 0.927. The van der Waals surface area contributed by atoms with Crippen LogP contribution >= 0.6 is 0 Å². The van der Waals surface area contributed by atoms with Gasteiger partial charge in [-0.3, -0.25) is 9.48 Å². The molecule has 0 aliphatic carbocycles. The number of rotatable bonds is 2. The Balaban J connectivity index is 2.31. The van der Waals surface area contributed by atoms with Crippen LogP contribution in [-0.2, 0) is 13.2 Å². The average Bonchev–Trinajstić information content (AvgIpc) is 2.64. The first-order chi connectivity index (χ1) is 10.1. The third kappa shape index (κ3) is 2.95. The van der Waals surface area contributed by atoms with Gasteiger partial charge >= 0.3 is 6.18 Å². The molecule has 0 aliphatic rings. The highest BCUT2D eigenvalue weighted by atomic mass is 19.4. The largest absolute Gasteiger partial charge is 0.433 e. The number of anilines is 1. The summed E-state index contributed by atoms with van der Waals surface area (Å²) in [7, 11) is 1.67. The normalized spacial score (nSPS) is 11.6. The minimum absolute atomic E-state index is 0.0175. The van der Waals surface area contributed by atoms with E-state index in [0.29, 0.717) is 5.82 Å². The van der Waals surface area contributed by atoms with Gasteiger partial charge in [-0.05, 0) is 32.9 Å². The van der Waals surface area contributed by atoms with Gasteiger partial charge in [0.05, 0.1) is 17.0 Å². The predicted molar refractivity (Wildman–Crippen MR) is 74.6 cm³/mol. The molecule has 0 aromatic carbocycles. The Bertz CT molecular complexity index is 734. The maximum atomic E-state index is 12.6. The van der Waals surface area contributed by atoms with Crippen molar-refractivity contribution in [2.24, 2.45) is 7.05 Å². The molecule has 2 aromatic heterocycles. The molecule has 1 amide bonds. The van der Waals surface area contributed by atoms with Gasteiger partial charge in [0.25, 0.3) is 5.91 Å². The summed E-state index contributed by atoms with van der Waals surface area (Å²) in [5, 5.41) is 6.82. The third-order valence-electron chi connectivity index (χ3n) is 3.37. The first-order valence-electron chi connectivity index (χ1n) is 6.47. The first kappa shape index (κ1) is 16.0. The van der Waals surface area contributed by atoms with Crippen LogP contribution in [0.15, 0.2) is 12.1 Å². The van der Waals surface area contributed by atoms with Crippen LogP contribution in [0.1, 0.15) is 33.0 Å². The van der Waals surface area contributed by atoms with Crippen molar-refractivity contribution in [2.45, 2.75) is 26.9 Å². The molecule has 2 aromatic rings. The number of hydrogen-bond donors (Lipinski definition) is 1. The number of nitrogens with one attached hydrogen (secondary N) is 1. The zero-order chi connectivity index (χ0) is 16.7. The van der Waals surface area contributed by atoms with Crippen molar-refractivity contribution >= 4 is 11.7 Å². The smallest absolute Gasteiger partial charge is 0.306 e. The van der Waals surface area contributed by atoms with Crippen LogP contribution in [0.4, 0.5) is 19.0 Å². The van der Waals surface area contributed by atoms with Crippen molar-refractivity contribution in [1.29, 1.82) is 0 Å². The van der Waals surface area contributed by atoms with E-state index in [9.17, 15) is 18.0 Å². The standard InChI is InChI=1S/C14H15F3N4O/c1-7-8(2)20-21(4)12(7)19-13(22)10-5-6-11(14(15,16)17)18-9(10)3/h5-6H,1-4H3,(H,19,22). The Labute approximate surface area is 125 Å². The van der Waals surface area contributed by atoms with Crippen molar-refractivity contribution in [3.63, 3.8) is 0 Å². The van der Waals surface area contributed by atoms with Crippen molar-refractivity contribution in [3.8, 4) is 0 Å². The van der Waals surface area contributed by atoms with Crippen molar-refractivity contribution in [1.82, 2.24) is 14.8 Å². The van der Waals surface area contributed by atoms with Gasteiger partial charge in [-0.25, -0.2) is 4.98 Å². The number of aromatic nitrogens is 3. The van der Waals surface area contributed by atoms with Crippen LogP contribution in [-0.4, -0.2) is 20.7 Å². The molecule has 1 N–H and O–H groups in total. The van der Waals surface area contributed by atoms with Gasteiger partial charge in [0.1, 0.15) is 11.5 Å². The maximum Gasteiger partial charge on any atom is 0.433 e. The molecule has 2 heterocycles. The van der Waals surface area contributed by atoms with E-state index >= 15 is 0 Å². The number of hydrogen-bond acceptors (Lipinski definition) is 3. The second kappa shape index (κ2) is 5.43. The van der Waals surface area contributed by atoms with Gasteiger partial charge in [-0.15, -0.1) is 0 Å². The van der Waals surface area contributed by atoms with Gasteiger partial charge in [-0.1, -0.05) is 0 Å². The van der Waals surface area contributed by atoms with E-state index < -0.39 is 17.8 Å². The highest BCUT2D eigenvalue weighted by Crippen LogP contribution is 2.28. The number of pyridine rings is 1. The SMILES string of the molecule is Cc1nc(C(F)(F)F)ccc1C(=O)Nc1c(C)c(C)nn1C. The number of nitrogens with zero attached hydrogens (tertiary/aromatic N) is 3. The minimum Gasteiger partial charge on any atom is -0.306 e. The van der Waals surface area contributed by atoms with E-state index in [-0.39, 0.29) is 11.3 Å². The molecule has 0 unspecified atom stereocenters. The van der Waals surface area contributed by atoms with E-state index in [4.69, 9.17) is 0 Å². The molecule has 0 saturated carbocycles. The lowest BCUT2D eigenvalue weighted by molar-refractivity contribution is -0.141. The van der Waals surface area contributed by atoms with Gasteiger partial charge in [-0.2, -0.15) is 18.3 Å². The number of amides is 1. The molecular weight excluding hydrogens is 297 g/mol. The van der Waals surface area contributed by atoms with Gasteiger partial charge in [0.2, 0.25) is 0 Å². The Morgan fingerprint density at radius 1 is 1.18 bits per heavy atom. The zero-order valence-corrected chi connectivity index (χ0v) is 12.5. The van der Waals surface area contributed by atoms with E-state index in [2.05, 4.69) is 15.4 Å². The number of carbonyl (C=O) groups excluding carboxylic acids is 1. The fraction of sp³-hybridized carbons (Fsp3) is 0.357. The summed E-state index contributed by atoms with van der Waals surface area (Å²) >= 11 is 0. The predicted octanol–water partition coefficient (Wildman–Crippen LogP) is 3.01. The summed E-state index contributed by atoms with van der Waals surface area (Å²) in [6.07, 6.45) is -4.53. The average molecular weight is 312 g/mol. The highest BCUT2D eigenvalue weighted by molar-refractivity contribution is 6.04. The van der Waals surface area contributed by atoms with Crippen LogP contribution in [0, 0.1) is 20.8 Å². The van der Waals surface area contributed by atoms with Gasteiger partial charge < -0.3 is 5.32 Å². The van der Waals surface area contributed by atoms with Gasteiger partial charge in [0.15, 0.2) is 0 Å². The van der Waals surface area contributed by atoms with Crippen LogP contribution in [0.2, 0.25) is 0 Å². The Morgan fingerprint density at radius 2 is 1.82 bits per heavy atom. The molecular formula is C14H15F3N4O. The highest BCUT2D eigenvalue weighted by Gasteiger charge is 2.33. The molecule has 0 fully saturated rings. The van der Waals surface area contributed by atoms with Crippen LogP contribution < -0.4 is 5.32 Å². The minimum atomic E-state index is -4.53. The molecule has 0 spiro atoms. The topological polar surface area (TPSA) is 59.8 Å². The Kier molecular flexibility index (Phi) is 3.95. The lowest BCUT2D eigenvalue weighted by atomic mass is 10.1. The lowest BCUT2D eigenvalue weighted by Crippen LogP contribution is -2.18. The van der Waals surface area contributed by atoms with E-state index in [1.165, 1.54) is 11.6 Å². The molecule has 0 bridgehead atoms.